The predicted octanol–water partition coefficient (Wildman–Crippen LogP) is 5.22. The lowest BCUT2D eigenvalue weighted by Crippen LogP contribution is -1.83. The van der Waals surface area contributed by atoms with Gasteiger partial charge in [0, 0.05) is 21.8 Å². The molecule has 3 rings (SSSR count). The van der Waals surface area contributed by atoms with Gasteiger partial charge in [0.2, 0.25) is 0 Å². The lowest BCUT2D eigenvalue weighted by Gasteiger charge is -1.99. The van der Waals surface area contributed by atoms with Crippen molar-refractivity contribution in [2.45, 2.75) is 26.2 Å². The summed E-state index contributed by atoms with van der Waals surface area (Å²) in [5.41, 5.74) is 3.87. The van der Waals surface area contributed by atoms with Crippen LogP contribution in [0.25, 0.3) is 21.8 Å². The summed E-state index contributed by atoms with van der Waals surface area (Å²) in [4.78, 5) is 3.50. The van der Waals surface area contributed by atoms with Crippen molar-refractivity contribution in [1.82, 2.24) is 4.98 Å². The number of fused-ring (bicyclic) bond motifs is 3. The van der Waals surface area contributed by atoms with E-state index in [1.54, 1.807) is 0 Å². The maximum atomic E-state index is 3.50. The molecule has 3 aromatic rings. The zero-order valence-electron chi connectivity index (χ0n) is 11.3. The van der Waals surface area contributed by atoms with Crippen molar-refractivity contribution in [2.75, 3.05) is 0 Å². The molecule has 0 radical (unpaired) electrons. The van der Waals surface area contributed by atoms with E-state index >= 15 is 0 Å². The van der Waals surface area contributed by atoms with Gasteiger partial charge in [-0.3, -0.25) is 0 Å². The second kappa shape index (κ2) is 5.31. The van der Waals surface area contributed by atoms with Gasteiger partial charge in [0.25, 0.3) is 0 Å². The molecule has 96 valence electrons. The number of rotatable bonds is 4. The van der Waals surface area contributed by atoms with Crippen LogP contribution in [0.4, 0.5) is 0 Å². The van der Waals surface area contributed by atoms with Gasteiger partial charge in [0.15, 0.2) is 0 Å². The van der Waals surface area contributed by atoms with Crippen molar-refractivity contribution in [3.8, 4) is 0 Å². The monoisotopic (exact) mass is 249 g/mol. The van der Waals surface area contributed by atoms with E-state index in [4.69, 9.17) is 0 Å². The van der Waals surface area contributed by atoms with E-state index in [-0.39, 0.29) is 0 Å². The highest BCUT2D eigenvalue weighted by molar-refractivity contribution is 6.07. The number of aromatic nitrogens is 1. The van der Waals surface area contributed by atoms with Gasteiger partial charge >= 0.3 is 0 Å². The molecule has 1 N–H and O–H groups in total. The molecule has 0 aliphatic carbocycles. The van der Waals surface area contributed by atoms with E-state index < -0.39 is 0 Å². The Morgan fingerprint density at radius 2 is 1.79 bits per heavy atom. The largest absolute Gasteiger partial charge is 0.355 e. The van der Waals surface area contributed by atoms with E-state index in [0.717, 1.165) is 19.3 Å². The third-order valence-corrected chi connectivity index (χ3v) is 3.57. The second-order valence-corrected chi connectivity index (χ2v) is 4.97. The molecule has 1 aromatic heterocycles. The number of nitrogens with one attached hydrogen (secondary N) is 1. The van der Waals surface area contributed by atoms with Crippen LogP contribution in [0.5, 0.6) is 0 Å². The van der Waals surface area contributed by atoms with Crippen molar-refractivity contribution in [2.24, 2.45) is 0 Å². The van der Waals surface area contributed by atoms with E-state index in [1.165, 1.54) is 27.4 Å². The Hall–Kier alpha value is -2.02. The van der Waals surface area contributed by atoms with Crippen LogP contribution in [-0.4, -0.2) is 4.98 Å². The van der Waals surface area contributed by atoms with Gasteiger partial charge in [-0.2, -0.15) is 0 Å². The van der Waals surface area contributed by atoms with Crippen molar-refractivity contribution in [3.63, 3.8) is 0 Å². The first-order valence-electron chi connectivity index (χ1n) is 7.03. The minimum absolute atomic E-state index is 1.11. The standard InChI is InChI=1S/C18H19N/c1-2-3-4-5-8-14-11-12-16-15-9-6-7-10-17(15)19-18(16)13-14/h3-4,6-7,9-13,19H,2,5,8H2,1H3. The van der Waals surface area contributed by atoms with E-state index in [1.807, 2.05) is 0 Å². The molecule has 0 spiro atoms. The zero-order valence-corrected chi connectivity index (χ0v) is 11.3. The predicted molar refractivity (Wildman–Crippen MR) is 83.6 cm³/mol. The lowest BCUT2D eigenvalue weighted by molar-refractivity contribution is 0.994. The summed E-state index contributed by atoms with van der Waals surface area (Å²) in [7, 11) is 0. The summed E-state index contributed by atoms with van der Waals surface area (Å²) >= 11 is 0. The molecule has 0 amide bonds. The Kier molecular flexibility index (Phi) is 3.37. The molecule has 1 heteroatoms. The van der Waals surface area contributed by atoms with Crippen LogP contribution in [0.1, 0.15) is 25.3 Å². The maximum absolute atomic E-state index is 3.50. The van der Waals surface area contributed by atoms with E-state index in [0.29, 0.717) is 0 Å². The smallest absolute Gasteiger partial charge is 0.0467 e. The summed E-state index contributed by atoms with van der Waals surface area (Å²) < 4.78 is 0. The average molecular weight is 249 g/mol. The van der Waals surface area contributed by atoms with E-state index in [2.05, 4.69) is 66.5 Å². The van der Waals surface area contributed by atoms with Gasteiger partial charge < -0.3 is 4.98 Å². The Bertz CT molecular complexity index is 719. The summed E-state index contributed by atoms with van der Waals surface area (Å²) in [6, 6.07) is 15.3. The van der Waals surface area contributed by atoms with Crippen LogP contribution < -0.4 is 0 Å². The van der Waals surface area contributed by atoms with Crippen LogP contribution >= 0.6 is 0 Å². The number of aryl methyl sites for hydroxylation is 1. The van der Waals surface area contributed by atoms with Crippen LogP contribution in [0.15, 0.2) is 54.6 Å². The lowest BCUT2D eigenvalue weighted by atomic mass is 10.1. The minimum atomic E-state index is 1.11. The SMILES string of the molecule is CCC=CCCc1ccc2c(c1)[nH]c1ccccc12. The van der Waals surface area contributed by atoms with Crippen molar-refractivity contribution in [1.29, 1.82) is 0 Å². The zero-order chi connectivity index (χ0) is 13.1. The molecular formula is C18H19N. The fourth-order valence-corrected chi connectivity index (χ4v) is 2.59. The molecule has 19 heavy (non-hydrogen) atoms. The number of para-hydroxylation sites is 1. The quantitative estimate of drug-likeness (QED) is 0.610. The van der Waals surface area contributed by atoms with Gasteiger partial charge in [-0.1, -0.05) is 49.4 Å². The first-order valence-corrected chi connectivity index (χ1v) is 7.03. The topological polar surface area (TPSA) is 15.8 Å². The Morgan fingerprint density at radius 3 is 2.68 bits per heavy atom. The van der Waals surface area contributed by atoms with Gasteiger partial charge in [0.1, 0.15) is 0 Å². The molecule has 0 saturated heterocycles. The number of hydrogen-bond donors (Lipinski definition) is 1. The first-order chi connectivity index (χ1) is 9.38. The second-order valence-electron chi connectivity index (χ2n) is 4.97. The number of benzene rings is 2. The molecule has 2 aromatic carbocycles. The van der Waals surface area contributed by atoms with Crippen LogP contribution in [-0.2, 0) is 6.42 Å². The van der Waals surface area contributed by atoms with Gasteiger partial charge in [-0.05, 0) is 37.0 Å². The fourth-order valence-electron chi connectivity index (χ4n) is 2.59. The number of H-pyrrole nitrogens is 1. The highest BCUT2D eigenvalue weighted by atomic mass is 14.7. The first kappa shape index (κ1) is 12.0. The summed E-state index contributed by atoms with van der Waals surface area (Å²) in [5, 5.41) is 2.64. The Balaban J connectivity index is 1.92. The van der Waals surface area contributed by atoms with Crippen molar-refractivity contribution >= 4 is 21.8 Å². The van der Waals surface area contributed by atoms with Crippen LogP contribution in [0.3, 0.4) is 0 Å². The van der Waals surface area contributed by atoms with Crippen LogP contribution in [0.2, 0.25) is 0 Å². The molecule has 1 heterocycles. The maximum Gasteiger partial charge on any atom is 0.0467 e. The minimum Gasteiger partial charge on any atom is -0.355 e. The molecule has 0 unspecified atom stereocenters. The van der Waals surface area contributed by atoms with Gasteiger partial charge in [-0.15, -0.1) is 0 Å². The number of aromatic amines is 1. The molecule has 0 aliphatic rings. The number of hydrogen-bond acceptors (Lipinski definition) is 0. The molecule has 0 bridgehead atoms. The summed E-state index contributed by atoms with van der Waals surface area (Å²) in [6.07, 6.45) is 7.87. The number of allylic oxidation sites excluding steroid dienone is 2. The summed E-state index contributed by atoms with van der Waals surface area (Å²) in [6.45, 7) is 2.17. The van der Waals surface area contributed by atoms with Crippen LogP contribution in [0, 0.1) is 0 Å². The van der Waals surface area contributed by atoms with Gasteiger partial charge in [0.05, 0.1) is 0 Å². The molecule has 0 atom stereocenters. The highest BCUT2D eigenvalue weighted by Gasteiger charge is 2.03. The molecule has 1 nitrogen and oxygen atoms in total. The molecule has 0 fully saturated rings. The normalized spacial score (nSPS) is 11.8. The Morgan fingerprint density at radius 1 is 0.947 bits per heavy atom. The van der Waals surface area contributed by atoms with E-state index in [9.17, 15) is 0 Å². The van der Waals surface area contributed by atoms with Gasteiger partial charge in [-0.25, -0.2) is 0 Å². The molecule has 0 saturated carbocycles. The third-order valence-electron chi connectivity index (χ3n) is 3.57. The fraction of sp³-hybridized carbons (Fsp3) is 0.222. The third kappa shape index (κ3) is 2.41. The molecule has 0 aliphatic heterocycles. The highest BCUT2D eigenvalue weighted by Crippen LogP contribution is 2.26. The van der Waals surface area contributed by atoms with Crippen molar-refractivity contribution in [3.05, 3.63) is 60.2 Å². The van der Waals surface area contributed by atoms with Crippen molar-refractivity contribution < 1.29 is 0 Å². The average Bonchev–Trinajstić information content (AvgIpc) is 2.81. The Labute approximate surface area is 114 Å². The summed E-state index contributed by atoms with van der Waals surface area (Å²) in [5.74, 6) is 0. The molecular weight excluding hydrogens is 230 g/mol.